The second kappa shape index (κ2) is 6.69. The smallest absolute Gasteiger partial charge is 0.0999 e. The van der Waals surface area contributed by atoms with Crippen molar-refractivity contribution in [3.05, 3.63) is 29.0 Å². The van der Waals surface area contributed by atoms with Crippen molar-refractivity contribution < 1.29 is 4.74 Å². The van der Waals surface area contributed by atoms with Crippen LogP contribution in [0.4, 0.5) is 0 Å². The average molecular weight is 312 g/mol. The van der Waals surface area contributed by atoms with Gasteiger partial charge in [-0.25, -0.2) is 0 Å². The SMILES string of the molecule is COCCCn1nc(C)c2c(C#N)cc(C(C)NC3CC3)cc21. The monoisotopic (exact) mass is 312 g/mol. The van der Waals surface area contributed by atoms with E-state index >= 15 is 0 Å². The van der Waals surface area contributed by atoms with Gasteiger partial charge in [-0.3, -0.25) is 4.68 Å². The lowest BCUT2D eigenvalue weighted by molar-refractivity contribution is 0.189. The van der Waals surface area contributed by atoms with Crippen LogP contribution in [0, 0.1) is 18.3 Å². The van der Waals surface area contributed by atoms with Crippen molar-refractivity contribution >= 4 is 10.9 Å². The third-order valence-corrected chi connectivity index (χ3v) is 4.45. The highest BCUT2D eigenvalue weighted by atomic mass is 16.5. The van der Waals surface area contributed by atoms with Gasteiger partial charge in [0.05, 0.1) is 22.8 Å². The predicted octanol–water partition coefficient (Wildman–Crippen LogP) is 3.07. The number of nitriles is 1. The third kappa shape index (κ3) is 3.39. The molecule has 1 aliphatic carbocycles. The zero-order chi connectivity index (χ0) is 16.4. The summed E-state index contributed by atoms with van der Waals surface area (Å²) in [7, 11) is 1.71. The van der Waals surface area contributed by atoms with E-state index in [0.717, 1.165) is 40.7 Å². The Morgan fingerprint density at radius 1 is 1.48 bits per heavy atom. The molecule has 1 fully saturated rings. The van der Waals surface area contributed by atoms with E-state index in [4.69, 9.17) is 4.74 Å². The van der Waals surface area contributed by atoms with Crippen LogP contribution >= 0.6 is 0 Å². The van der Waals surface area contributed by atoms with Crippen molar-refractivity contribution in [3.8, 4) is 6.07 Å². The van der Waals surface area contributed by atoms with Crippen LogP contribution in [0.15, 0.2) is 12.1 Å². The van der Waals surface area contributed by atoms with Crippen molar-refractivity contribution in [2.24, 2.45) is 0 Å². The molecule has 1 unspecified atom stereocenters. The lowest BCUT2D eigenvalue weighted by Crippen LogP contribution is -2.20. The van der Waals surface area contributed by atoms with Crippen LogP contribution < -0.4 is 5.32 Å². The second-order valence-electron chi connectivity index (χ2n) is 6.39. The number of hydrogen-bond acceptors (Lipinski definition) is 4. The highest BCUT2D eigenvalue weighted by molar-refractivity contribution is 5.88. The topological polar surface area (TPSA) is 62.9 Å². The summed E-state index contributed by atoms with van der Waals surface area (Å²) in [6.07, 6.45) is 3.42. The molecule has 0 spiro atoms. The number of rotatable bonds is 7. The minimum Gasteiger partial charge on any atom is -0.385 e. The molecule has 1 aromatic carbocycles. The van der Waals surface area contributed by atoms with Crippen LogP contribution in [-0.4, -0.2) is 29.5 Å². The molecule has 0 aliphatic heterocycles. The molecule has 0 saturated heterocycles. The van der Waals surface area contributed by atoms with Crippen LogP contribution in [0.5, 0.6) is 0 Å². The Morgan fingerprint density at radius 2 is 2.26 bits per heavy atom. The molecule has 2 aromatic rings. The normalized spacial score (nSPS) is 15.7. The Hall–Kier alpha value is -1.90. The Kier molecular flexibility index (Phi) is 4.65. The molecule has 1 atom stereocenters. The van der Waals surface area contributed by atoms with Gasteiger partial charge in [0, 0.05) is 37.7 Å². The van der Waals surface area contributed by atoms with Gasteiger partial charge in [-0.1, -0.05) is 0 Å². The fraction of sp³-hybridized carbons (Fsp3) is 0.556. The third-order valence-electron chi connectivity index (χ3n) is 4.45. The van der Waals surface area contributed by atoms with Crippen molar-refractivity contribution in [1.29, 1.82) is 5.26 Å². The van der Waals surface area contributed by atoms with Gasteiger partial charge in [0.25, 0.3) is 0 Å². The second-order valence-corrected chi connectivity index (χ2v) is 6.39. The van der Waals surface area contributed by atoms with Crippen LogP contribution in [0.25, 0.3) is 10.9 Å². The number of hydrogen-bond donors (Lipinski definition) is 1. The Balaban J connectivity index is 1.99. The number of aromatic nitrogens is 2. The molecule has 122 valence electrons. The molecule has 5 heteroatoms. The molecule has 1 aliphatic rings. The zero-order valence-corrected chi connectivity index (χ0v) is 14.1. The number of fused-ring (bicyclic) bond motifs is 1. The first kappa shape index (κ1) is 16.0. The summed E-state index contributed by atoms with van der Waals surface area (Å²) in [6.45, 7) is 5.66. The Labute approximate surface area is 137 Å². The van der Waals surface area contributed by atoms with Gasteiger partial charge in [0.2, 0.25) is 0 Å². The maximum Gasteiger partial charge on any atom is 0.0999 e. The van der Waals surface area contributed by atoms with Crippen molar-refractivity contribution in [3.63, 3.8) is 0 Å². The van der Waals surface area contributed by atoms with E-state index in [1.165, 1.54) is 12.8 Å². The van der Waals surface area contributed by atoms with Gasteiger partial charge in [0.15, 0.2) is 0 Å². The van der Waals surface area contributed by atoms with E-state index in [1.807, 2.05) is 17.7 Å². The van der Waals surface area contributed by atoms with Crippen LogP contribution in [0.2, 0.25) is 0 Å². The molecule has 5 nitrogen and oxygen atoms in total. The summed E-state index contributed by atoms with van der Waals surface area (Å²) in [6, 6.07) is 7.43. The number of methoxy groups -OCH3 is 1. The molecule has 0 amide bonds. The lowest BCUT2D eigenvalue weighted by atomic mass is 10.0. The molecule has 1 heterocycles. The minimum atomic E-state index is 0.252. The summed E-state index contributed by atoms with van der Waals surface area (Å²) in [5.74, 6) is 0. The molecule has 23 heavy (non-hydrogen) atoms. The molecular formula is C18H24N4O. The molecule has 0 bridgehead atoms. The Morgan fingerprint density at radius 3 is 2.91 bits per heavy atom. The van der Waals surface area contributed by atoms with Gasteiger partial charge in [-0.2, -0.15) is 10.4 Å². The van der Waals surface area contributed by atoms with Crippen LogP contribution in [-0.2, 0) is 11.3 Å². The summed E-state index contributed by atoms with van der Waals surface area (Å²) in [5, 5.41) is 18.8. The maximum atomic E-state index is 9.56. The number of ether oxygens (including phenoxy) is 1. The zero-order valence-electron chi connectivity index (χ0n) is 14.1. The molecular weight excluding hydrogens is 288 g/mol. The minimum absolute atomic E-state index is 0.252. The van der Waals surface area contributed by atoms with Crippen LogP contribution in [0.3, 0.4) is 0 Å². The summed E-state index contributed by atoms with van der Waals surface area (Å²) in [5.41, 5.74) is 3.85. The summed E-state index contributed by atoms with van der Waals surface area (Å²) >= 11 is 0. The average Bonchev–Trinajstić information content (AvgIpc) is 3.30. The number of nitrogens with zero attached hydrogens (tertiary/aromatic N) is 3. The largest absolute Gasteiger partial charge is 0.385 e. The van der Waals surface area contributed by atoms with Crippen LogP contribution in [0.1, 0.15) is 49.0 Å². The van der Waals surface area contributed by atoms with Gasteiger partial charge in [-0.15, -0.1) is 0 Å². The maximum absolute atomic E-state index is 9.56. The van der Waals surface area contributed by atoms with Crippen molar-refractivity contribution in [1.82, 2.24) is 15.1 Å². The number of nitrogens with one attached hydrogen (secondary N) is 1. The quantitative estimate of drug-likeness (QED) is 0.798. The van der Waals surface area contributed by atoms with Gasteiger partial charge < -0.3 is 10.1 Å². The fourth-order valence-electron chi connectivity index (χ4n) is 3.08. The highest BCUT2D eigenvalue weighted by Crippen LogP contribution is 2.29. The van der Waals surface area contributed by atoms with E-state index in [9.17, 15) is 5.26 Å². The fourth-order valence-corrected chi connectivity index (χ4v) is 3.08. The van der Waals surface area contributed by atoms with Gasteiger partial charge in [-0.05, 0) is 50.8 Å². The van der Waals surface area contributed by atoms with Gasteiger partial charge in [0.1, 0.15) is 0 Å². The standard InChI is InChI=1S/C18H24N4O/c1-12(20-16-5-6-16)14-9-15(11-19)18-13(2)21-22(17(18)10-14)7-4-8-23-3/h9-10,12,16,20H,4-8H2,1-3H3. The first-order valence-corrected chi connectivity index (χ1v) is 8.30. The molecule has 1 aromatic heterocycles. The molecule has 3 rings (SSSR count). The molecule has 1 N–H and O–H groups in total. The lowest BCUT2D eigenvalue weighted by Gasteiger charge is -2.15. The van der Waals surface area contributed by atoms with E-state index < -0.39 is 0 Å². The highest BCUT2D eigenvalue weighted by Gasteiger charge is 2.24. The summed E-state index contributed by atoms with van der Waals surface area (Å²) < 4.78 is 7.15. The molecule has 1 saturated carbocycles. The van der Waals surface area contributed by atoms with Crippen molar-refractivity contribution in [2.75, 3.05) is 13.7 Å². The van der Waals surface area contributed by atoms with E-state index in [1.54, 1.807) is 7.11 Å². The van der Waals surface area contributed by atoms with E-state index in [0.29, 0.717) is 12.6 Å². The summed E-state index contributed by atoms with van der Waals surface area (Å²) in [4.78, 5) is 0. The van der Waals surface area contributed by atoms with E-state index in [-0.39, 0.29) is 6.04 Å². The van der Waals surface area contributed by atoms with Gasteiger partial charge >= 0.3 is 0 Å². The first-order valence-electron chi connectivity index (χ1n) is 8.30. The van der Waals surface area contributed by atoms with Crippen molar-refractivity contribution in [2.45, 2.75) is 51.7 Å². The predicted molar refractivity (Wildman–Crippen MR) is 90.3 cm³/mol. The number of aryl methyl sites for hydroxylation is 2. The van der Waals surface area contributed by atoms with E-state index in [2.05, 4.69) is 29.5 Å². The molecule has 0 radical (unpaired) electrons. The number of benzene rings is 1. The first-order chi connectivity index (χ1) is 11.1. The Bertz CT molecular complexity index is 740.